The first-order valence-electron chi connectivity index (χ1n) is 5.64. The van der Waals surface area contributed by atoms with Crippen LogP contribution in [0.5, 0.6) is 0 Å². The molecule has 1 heterocycles. The Bertz CT molecular complexity index is 294. The highest BCUT2D eigenvalue weighted by Gasteiger charge is 2.18. The van der Waals surface area contributed by atoms with Gasteiger partial charge in [-0.1, -0.05) is 6.42 Å². The molecule has 0 radical (unpaired) electrons. The van der Waals surface area contributed by atoms with Crippen molar-refractivity contribution < 1.29 is 4.74 Å². The van der Waals surface area contributed by atoms with Crippen molar-refractivity contribution in [3.05, 3.63) is 12.4 Å². The third-order valence-corrected chi connectivity index (χ3v) is 2.98. The van der Waals surface area contributed by atoms with E-state index in [-0.39, 0.29) is 0 Å². The number of nitrogens with one attached hydrogen (secondary N) is 1. The summed E-state index contributed by atoms with van der Waals surface area (Å²) in [4.78, 5) is 4.30. The van der Waals surface area contributed by atoms with Gasteiger partial charge in [-0.15, -0.1) is 0 Å². The molecule has 1 fully saturated rings. The first-order chi connectivity index (χ1) is 7.40. The van der Waals surface area contributed by atoms with Crippen LogP contribution in [0.2, 0.25) is 0 Å². The van der Waals surface area contributed by atoms with Crippen LogP contribution in [0, 0.1) is 5.92 Å². The Morgan fingerprint density at radius 2 is 2.47 bits per heavy atom. The van der Waals surface area contributed by atoms with Crippen LogP contribution in [-0.4, -0.2) is 29.8 Å². The zero-order chi connectivity index (χ0) is 10.5. The number of methoxy groups -OCH3 is 1. The Morgan fingerprint density at radius 1 is 1.60 bits per heavy atom. The molecule has 15 heavy (non-hydrogen) atoms. The standard InChI is InChI=1S/C11H19N3O/c1-15-8-6-13-11-12-5-7-14(11)9-10-3-2-4-10/h5,7,10H,2-4,6,8-9H2,1H3,(H,12,13). The second-order valence-corrected chi connectivity index (χ2v) is 4.12. The average molecular weight is 209 g/mol. The van der Waals surface area contributed by atoms with Crippen LogP contribution in [0.1, 0.15) is 19.3 Å². The van der Waals surface area contributed by atoms with Crippen molar-refractivity contribution in [3.8, 4) is 0 Å². The van der Waals surface area contributed by atoms with Gasteiger partial charge in [0, 0.05) is 32.6 Å². The monoisotopic (exact) mass is 209 g/mol. The van der Waals surface area contributed by atoms with E-state index in [0.29, 0.717) is 0 Å². The van der Waals surface area contributed by atoms with Crippen molar-refractivity contribution in [2.24, 2.45) is 5.92 Å². The van der Waals surface area contributed by atoms with Crippen LogP contribution in [0.15, 0.2) is 12.4 Å². The summed E-state index contributed by atoms with van der Waals surface area (Å²) >= 11 is 0. The molecule has 4 nitrogen and oxygen atoms in total. The fraction of sp³-hybridized carbons (Fsp3) is 0.727. The third-order valence-electron chi connectivity index (χ3n) is 2.98. The summed E-state index contributed by atoms with van der Waals surface area (Å²) in [5.41, 5.74) is 0. The molecule has 0 unspecified atom stereocenters. The maximum Gasteiger partial charge on any atom is 0.202 e. The van der Waals surface area contributed by atoms with E-state index in [0.717, 1.165) is 31.6 Å². The molecule has 1 saturated carbocycles. The van der Waals surface area contributed by atoms with Gasteiger partial charge in [0.15, 0.2) is 0 Å². The van der Waals surface area contributed by atoms with Crippen LogP contribution in [0.25, 0.3) is 0 Å². The largest absolute Gasteiger partial charge is 0.383 e. The quantitative estimate of drug-likeness (QED) is 0.725. The first kappa shape index (κ1) is 10.5. The molecule has 0 aliphatic heterocycles. The molecule has 2 rings (SSSR count). The van der Waals surface area contributed by atoms with Crippen LogP contribution in [0.4, 0.5) is 5.95 Å². The zero-order valence-electron chi connectivity index (χ0n) is 9.28. The third kappa shape index (κ3) is 2.72. The van der Waals surface area contributed by atoms with Crippen molar-refractivity contribution in [1.29, 1.82) is 0 Å². The minimum atomic E-state index is 0.719. The van der Waals surface area contributed by atoms with Crippen molar-refractivity contribution in [1.82, 2.24) is 9.55 Å². The number of imidazole rings is 1. The molecule has 4 heteroatoms. The summed E-state index contributed by atoms with van der Waals surface area (Å²) in [6, 6.07) is 0. The number of hydrogen-bond donors (Lipinski definition) is 1. The number of ether oxygens (including phenoxy) is 1. The molecule has 1 aromatic heterocycles. The molecule has 1 aliphatic rings. The molecule has 1 aromatic rings. The second-order valence-electron chi connectivity index (χ2n) is 4.12. The first-order valence-corrected chi connectivity index (χ1v) is 5.64. The van der Waals surface area contributed by atoms with Gasteiger partial charge in [-0.2, -0.15) is 0 Å². The normalized spacial score (nSPS) is 16.3. The number of hydrogen-bond acceptors (Lipinski definition) is 3. The molecule has 0 atom stereocenters. The lowest BCUT2D eigenvalue weighted by molar-refractivity contribution is 0.210. The number of nitrogens with zero attached hydrogens (tertiary/aromatic N) is 2. The smallest absolute Gasteiger partial charge is 0.202 e. The van der Waals surface area contributed by atoms with Gasteiger partial charge in [0.05, 0.1) is 6.61 Å². The molecule has 1 N–H and O–H groups in total. The van der Waals surface area contributed by atoms with E-state index < -0.39 is 0 Å². The second kappa shape index (κ2) is 5.16. The van der Waals surface area contributed by atoms with E-state index >= 15 is 0 Å². The van der Waals surface area contributed by atoms with Gasteiger partial charge in [-0.25, -0.2) is 4.98 Å². The minimum Gasteiger partial charge on any atom is -0.383 e. The predicted octanol–water partition coefficient (Wildman–Crippen LogP) is 1.74. The van der Waals surface area contributed by atoms with E-state index in [9.17, 15) is 0 Å². The van der Waals surface area contributed by atoms with Crippen LogP contribution in [0.3, 0.4) is 0 Å². The lowest BCUT2D eigenvalue weighted by Gasteiger charge is -2.26. The van der Waals surface area contributed by atoms with Crippen molar-refractivity contribution >= 4 is 5.95 Å². The predicted molar refractivity (Wildman–Crippen MR) is 59.9 cm³/mol. The Morgan fingerprint density at radius 3 is 3.13 bits per heavy atom. The van der Waals surface area contributed by atoms with E-state index in [2.05, 4.69) is 14.9 Å². The van der Waals surface area contributed by atoms with Crippen LogP contribution < -0.4 is 5.32 Å². The van der Waals surface area contributed by atoms with Crippen molar-refractivity contribution in [3.63, 3.8) is 0 Å². The summed E-state index contributed by atoms with van der Waals surface area (Å²) in [6.45, 7) is 2.64. The number of aromatic nitrogens is 2. The Hall–Kier alpha value is -1.03. The number of anilines is 1. The van der Waals surface area contributed by atoms with E-state index in [4.69, 9.17) is 4.74 Å². The summed E-state index contributed by atoms with van der Waals surface area (Å²) in [5.74, 6) is 1.83. The number of rotatable bonds is 6. The molecular weight excluding hydrogens is 190 g/mol. The molecule has 0 saturated heterocycles. The summed E-state index contributed by atoms with van der Waals surface area (Å²) < 4.78 is 7.20. The molecule has 1 aliphatic carbocycles. The molecule has 0 bridgehead atoms. The Kier molecular flexibility index (Phi) is 3.61. The lowest BCUT2D eigenvalue weighted by atomic mass is 9.85. The maximum absolute atomic E-state index is 4.99. The topological polar surface area (TPSA) is 39.1 Å². The highest BCUT2D eigenvalue weighted by atomic mass is 16.5. The van der Waals surface area contributed by atoms with Gasteiger partial charge in [-0.05, 0) is 18.8 Å². The molecule has 0 aromatic carbocycles. The molecular formula is C11H19N3O. The fourth-order valence-corrected chi connectivity index (χ4v) is 1.84. The van der Waals surface area contributed by atoms with Gasteiger partial charge in [0.1, 0.15) is 0 Å². The van der Waals surface area contributed by atoms with Crippen molar-refractivity contribution in [2.45, 2.75) is 25.8 Å². The lowest BCUT2D eigenvalue weighted by Crippen LogP contribution is -2.20. The molecule has 84 valence electrons. The van der Waals surface area contributed by atoms with Gasteiger partial charge in [0.2, 0.25) is 5.95 Å². The Labute approximate surface area is 90.6 Å². The summed E-state index contributed by atoms with van der Waals surface area (Å²) in [7, 11) is 1.71. The molecule has 0 amide bonds. The Balaban J connectivity index is 1.83. The van der Waals surface area contributed by atoms with Gasteiger partial charge in [-0.3, -0.25) is 0 Å². The van der Waals surface area contributed by atoms with E-state index in [1.165, 1.54) is 19.3 Å². The van der Waals surface area contributed by atoms with Gasteiger partial charge in [0.25, 0.3) is 0 Å². The maximum atomic E-state index is 4.99. The van der Waals surface area contributed by atoms with E-state index in [1.807, 2.05) is 12.4 Å². The van der Waals surface area contributed by atoms with Crippen LogP contribution in [-0.2, 0) is 11.3 Å². The summed E-state index contributed by atoms with van der Waals surface area (Å²) in [6.07, 6.45) is 8.04. The van der Waals surface area contributed by atoms with E-state index in [1.54, 1.807) is 7.11 Å². The van der Waals surface area contributed by atoms with Gasteiger partial charge < -0.3 is 14.6 Å². The SMILES string of the molecule is COCCNc1nccn1CC1CCC1. The average Bonchev–Trinajstić information content (AvgIpc) is 2.60. The molecule has 0 spiro atoms. The van der Waals surface area contributed by atoms with Crippen LogP contribution >= 0.6 is 0 Å². The zero-order valence-corrected chi connectivity index (χ0v) is 9.28. The van der Waals surface area contributed by atoms with Crippen molar-refractivity contribution in [2.75, 3.05) is 25.6 Å². The van der Waals surface area contributed by atoms with Gasteiger partial charge >= 0.3 is 0 Å². The highest BCUT2D eigenvalue weighted by molar-refractivity contribution is 5.25. The fourth-order valence-electron chi connectivity index (χ4n) is 1.84. The minimum absolute atomic E-state index is 0.719. The summed E-state index contributed by atoms with van der Waals surface area (Å²) in [5, 5.41) is 3.27. The highest BCUT2D eigenvalue weighted by Crippen LogP contribution is 2.28.